The van der Waals surface area contributed by atoms with Crippen molar-refractivity contribution in [1.29, 1.82) is 0 Å². The lowest BCUT2D eigenvalue weighted by molar-refractivity contribution is 0.0707. The third-order valence-corrected chi connectivity index (χ3v) is 3.88. The van der Waals surface area contributed by atoms with Crippen LogP contribution in [0.3, 0.4) is 0 Å². The van der Waals surface area contributed by atoms with E-state index in [0.717, 1.165) is 30.5 Å². The van der Waals surface area contributed by atoms with Crippen molar-refractivity contribution in [2.75, 3.05) is 19.8 Å². The van der Waals surface area contributed by atoms with Crippen LogP contribution in [0.5, 0.6) is 0 Å². The van der Waals surface area contributed by atoms with Crippen LogP contribution in [0.25, 0.3) is 0 Å². The summed E-state index contributed by atoms with van der Waals surface area (Å²) in [4.78, 5) is 1.35. The fourth-order valence-corrected chi connectivity index (χ4v) is 2.87. The van der Waals surface area contributed by atoms with E-state index in [9.17, 15) is 0 Å². The third-order valence-electron chi connectivity index (χ3n) is 2.59. The molecule has 0 amide bonds. The van der Waals surface area contributed by atoms with Gasteiger partial charge in [0.1, 0.15) is 0 Å². The first kappa shape index (κ1) is 11.4. The quantitative estimate of drug-likeness (QED) is 0.881. The maximum absolute atomic E-state index is 5.87. The Hall–Kier alpha value is -0.0900. The molecule has 1 aliphatic heterocycles. The fraction of sp³-hybridized carbons (Fsp3) is 0.636. The van der Waals surface area contributed by atoms with Crippen LogP contribution in [0.2, 0.25) is 4.34 Å². The van der Waals surface area contributed by atoms with E-state index in [0.29, 0.717) is 6.04 Å². The van der Waals surface area contributed by atoms with Gasteiger partial charge in [-0.25, -0.2) is 0 Å². The Morgan fingerprint density at radius 2 is 2.47 bits per heavy atom. The molecule has 1 aromatic heterocycles. The second-order valence-electron chi connectivity index (χ2n) is 3.82. The summed E-state index contributed by atoms with van der Waals surface area (Å²) in [5, 5.41) is 3.52. The molecule has 4 heteroatoms. The van der Waals surface area contributed by atoms with E-state index in [1.807, 2.05) is 6.07 Å². The van der Waals surface area contributed by atoms with Crippen molar-refractivity contribution in [3.05, 3.63) is 21.3 Å². The van der Waals surface area contributed by atoms with Gasteiger partial charge in [0.15, 0.2) is 0 Å². The van der Waals surface area contributed by atoms with Gasteiger partial charge in [-0.05, 0) is 31.4 Å². The lowest BCUT2D eigenvalue weighted by Crippen LogP contribution is -2.37. The molecule has 84 valence electrons. The Morgan fingerprint density at radius 3 is 3.13 bits per heavy atom. The highest BCUT2D eigenvalue weighted by Crippen LogP contribution is 2.21. The van der Waals surface area contributed by atoms with Crippen molar-refractivity contribution < 1.29 is 4.74 Å². The predicted octanol–water partition coefficient (Wildman–Crippen LogP) is 2.71. The standard InChI is InChI=1S/C11H16ClNOS/c12-11-4-3-10(15-11)5-6-13-9-2-1-7-14-8-9/h3-4,9,13H,1-2,5-8H2. The minimum Gasteiger partial charge on any atom is -0.380 e. The van der Waals surface area contributed by atoms with Crippen molar-refractivity contribution in [3.63, 3.8) is 0 Å². The van der Waals surface area contributed by atoms with E-state index < -0.39 is 0 Å². The maximum Gasteiger partial charge on any atom is 0.0931 e. The molecular formula is C11H16ClNOS. The monoisotopic (exact) mass is 245 g/mol. The molecule has 1 saturated heterocycles. The zero-order valence-corrected chi connectivity index (χ0v) is 10.2. The number of halogens is 1. The molecule has 0 bridgehead atoms. The molecule has 1 N–H and O–H groups in total. The van der Waals surface area contributed by atoms with E-state index in [1.54, 1.807) is 11.3 Å². The first-order valence-corrected chi connectivity index (χ1v) is 6.59. The molecule has 0 spiro atoms. The molecule has 1 aliphatic rings. The van der Waals surface area contributed by atoms with Crippen LogP contribution in [0, 0.1) is 0 Å². The fourth-order valence-electron chi connectivity index (χ4n) is 1.79. The molecule has 0 saturated carbocycles. The maximum atomic E-state index is 5.87. The summed E-state index contributed by atoms with van der Waals surface area (Å²) < 4.78 is 6.29. The number of ether oxygens (including phenoxy) is 1. The van der Waals surface area contributed by atoms with Crippen molar-refractivity contribution >= 4 is 22.9 Å². The summed E-state index contributed by atoms with van der Waals surface area (Å²) in [6.07, 6.45) is 3.49. The van der Waals surface area contributed by atoms with Crippen LogP contribution in [0.1, 0.15) is 17.7 Å². The lowest BCUT2D eigenvalue weighted by atomic mass is 10.1. The van der Waals surface area contributed by atoms with E-state index in [-0.39, 0.29) is 0 Å². The normalized spacial score (nSPS) is 21.8. The number of nitrogens with one attached hydrogen (secondary N) is 1. The first-order valence-electron chi connectivity index (χ1n) is 5.40. The van der Waals surface area contributed by atoms with E-state index >= 15 is 0 Å². The Kier molecular flexibility index (Phi) is 4.44. The molecule has 2 heterocycles. The van der Waals surface area contributed by atoms with Crippen molar-refractivity contribution in [3.8, 4) is 0 Å². The average Bonchev–Trinajstić information content (AvgIpc) is 2.66. The summed E-state index contributed by atoms with van der Waals surface area (Å²) in [5.41, 5.74) is 0. The van der Waals surface area contributed by atoms with Crippen LogP contribution in [0.15, 0.2) is 12.1 Å². The van der Waals surface area contributed by atoms with Gasteiger partial charge in [0.05, 0.1) is 10.9 Å². The SMILES string of the molecule is Clc1ccc(CCNC2CCCOC2)s1. The minimum atomic E-state index is 0.550. The van der Waals surface area contributed by atoms with Gasteiger partial charge in [-0.15, -0.1) is 11.3 Å². The average molecular weight is 246 g/mol. The molecule has 1 unspecified atom stereocenters. The summed E-state index contributed by atoms with van der Waals surface area (Å²) >= 11 is 7.53. The molecule has 0 radical (unpaired) electrons. The Bertz CT molecular complexity index is 297. The molecule has 2 rings (SSSR count). The van der Waals surface area contributed by atoms with E-state index in [4.69, 9.17) is 16.3 Å². The highest BCUT2D eigenvalue weighted by Gasteiger charge is 2.12. The van der Waals surface area contributed by atoms with Gasteiger partial charge < -0.3 is 10.1 Å². The molecule has 0 aromatic carbocycles. The third kappa shape index (κ3) is 3.76. The molecular weight excluding hydrogens is 230 g/mol. The van der Waals surface area contributed by atoms with Gasteiger partial charge in [-0.3, -0.25) is 0 Å². The summed E-state index contributed by atoms with van der Waals surface area (Å²) in [6.45, 7) is 2.81. The zero-order chi connectivity index (χ0) is 10.5. The molecule has 1 fully saturated rings. The lowest BCUT2D eigenvalue weighted by Gasteiger charge is -2.23. The number of hydrogen-bond donors (Lipinski definition) is 1. The summed E-state index contributed by atoms with van der Waals surface area (Å²) in [7, 11) is 0. The van der Waals surface area contributed by atoms with Gasteiger partial charge in [0.25, 0.3) is 0 Å². The number of rotatable bonds is 4. The second kappa shape index (κ2) is 5.85. The molecule has 1 aromatic rings. The highest BCUT2D eigenvalue weighted by atomic mass is 35.5. The Morgan fingerprint density at radius 1 is 1.53 bits per heavy atom. The molecule has 1 atom stereocenters. The second-order valence-corrected chi connectivity index (χ2v) is 5.62. The summed E-state index contributed by atoms with van der Waals surface area (Å²) in [6, 6.07) is 4.62. The summed E-state index contributed by atoms with van der Waals surface area (Å²) in [5.74, 6) is 0. The van der Waals surface area contributed by atoms with Crippen molar-refractivity contribution in [2.45, 2.75) is 25.3 Å². The van der Waals surface area contributed by atoms with Gasteiger partial charge in [0.2, 0.25) is 0 Å². The van der Waals surface area contributed by atoms with Gasteiger partial charge >= 0.3 is 0 Å². The van der Waals surface area contributed by atoms with Crippen molar-refractivity contribution in [1.82, 2.24) is 5.32 Å². The van der Waals surface area contributed by atoms with Crippen LogP contribution >= 0.6 is 22.9 Å². The molecule has 15 heavy (non-hydrogen) atoms. The predicted molar refractivity (Wildman–Crippen MR) is 64.9 cm³/mol. The Balaban J connectivity index is 1.65. The van der Waals surface area contributed by atoms with Crippen LogP contribution in [0.4, 0.5) is 0 Å². The van der Waals surface area contributed by atoms with Crippen molar-refractivity contribution in [2.24, 2.45) is 0 Å². The first-order chi connectivity index (χ1) is 7.34. The number of hydrogen-bond acceptors (Lipinski definition) is 3. The van der Waals surface area contributed by atoms with Crippen LogP contribution < -0.4 is 5.32 Å². The van der Waals surface area contributed by atoms with Gasteiger partial charge in [0, 0.05) is 24.1 Å². The van der Waals surface area contributed by atoms with E-state index in [2.05, 4.69) is 11.4 Å². The highest BCUT2D eigenvalue weighted by molar-refractivity contribution is 7.16. The Labute approximate surface area is 99.6 Å². The van der Waals surface area contributed by atoms with Gasteiger partial charge in [-0.2, -0.15) is 0 Å². The molecule has 2 nitrogen and oxygen atoms in total. The smallest absolute Gasteiger partial charge is 0.0931 e. The molecule has 0 aliphatic carbocycles. The van der Waals surface area contributed by atoms with E-state index in [1.165, 1.54) is 17.7 Å². The number of thiophene rings is 1. The topological polar surface area (TPSA) is 21.3 Å². The zero-order valence-electron chi connectivity index (χ0n) is 8.67. The largest absolute Gasteiger partial charge is 0.380 e. The van der Waals surface area contributed by atoms with Crippen LogP contribution in [-0.2, 0) is 11.2 Å². The van der Waals surface area contributed by atoms with Gasteiger partial charge in [-0.1, -0.05) is 11.6 Å². The van der Waals surface area contributed by atoms with Crippen LogP contribution in [-0.4, -0.2) is 25.8 Å². The minimum absolute atomic E-state index is 0.550.